The first-order valence-corrected chi connectivity index (χ1v) is 9.63. The van der Waals surface area contributed by atoms with Gasteiger partial charge in [0.05, 0.1) is 6.61 Å². The smallest absolute Gasteiger partial charge is 0.219 e. The fourth-order valence-electron chi connectivity index (χ4n) is 2.19. The van der Waals surface area contributed by atoms with Crippen molar-refractivity contribution in [3.63, 3.8) is 0 Å². The van der Waals surface area contributed by atoms with E-state index in [1.807, 2.05) is 24.5 Å². The van der Waals surface area contributed by atoms with Crippen LogP contribution in [-0.2, 0) is 16.1 Å². The van der Waals surface area contributed by atoms with Crippen molar-refractivity contribution in [2.75, 3.05) is 12.9 Å². The summed E-state index contributed by atoms with van der Waals surface area (Å²) in [7, 11) is 0. The van der Waals surface area contributed by atoms with E-state index in [0.29, 0.717) is 16.9 Å². The van der Waals surface area contributed by atoms with Gasteiger partial charge in [-0.05, 0) is 49.2 Å². The van der Waals surface area contributed by atoms with Gasteiger partial charge in [-0.1, -0.05) is 62.4 Å². The molecule has 0 radical (unpaired) electrons. The van der Waals surface area contributed by atoms with Crippen molar-refractivity contribution < 1.29 is 9.47 Å². The van der Waals surface area contributed by atoms with Gasteiger partial charge in [-0.15, -0.1) is 0 Å². The number of thioether (sulfide) groups is 1. The Morgan fingerprint density at radius 1 is 1.14 bits per heavy atom. The molecule has 2 nitrogen and oxygen atoms in total. The summed E-state index contributed by atoms with van der Waals surface area (Å²) in [5.41, 5.74) is 1.24. The second kappa shape index (κ2) is 11.9. The third-order valence-corrected chi connectivity index (χ3v) is 4.57. The zero-order valence-electron chi connectivity index (χ0n) is 13.9. The van der Waals surface area contributed by atoms with Gasteiger partial charge in [-0.2, -0.15) is 0 Å². The molecule has 0 spiro atoms. The monoisotopic (exact) mass is 340 g/mol. The number of hydrogen-bond donors (Lipinski definition) is 0. The van der Waals surface area contributed by atoms with Crippen molar-refractivity contribution in [1.29, 1.82) is 0 Å². The molecule has 0 fully saturated rings. The van der Waals surface area contributed by atoms with E-state index in [0.717, 1.165) is 25.9 Å². The van der Waals surface area contributed by atoms with Gasteiger partial charge < -0.3 is 9.47 Å². The lowest BCUT2D eigenvalue weighted by Gasteiger charge is -2.22. The highest BCUT2D eigenvalue weighted by Crippen LogP contribution is 2.18. The van der Waals surface area contributed by atoms with E-state index in [-0.39, 0.29) is 6.10 Å². The molecule has 1 aromatic carbocycles. The number of rotatable bonds is 10. The normalized spacial score (nSPS) is 12.4. The van der Waals surface area contributed by atoms with Crippen molar-refractivity contribution in [2.24, 2.45) is 5.92 Å². The topological polar surface area (TPSA) is 18.5 Å². The van der Waals surface area contributed by atoms with Crippen molar-refractivity contribution in [2.45, 2.75) is 52.2 Å². The minimum Gasteiger partial charge on any atom is -0.475 e. The highest BCUT2D eigenvalue weighted by molar-refractivity contribution is 8.22. The first-order valence-electron chi connectivity index (χ1n) is 7.99. The quantitative estimate of drug-likeness (QED) is 0.416. The summed E-state index contributed by atoms with van der Waals surface area (Å²) in [5.74, 6) is 0.499. The van der Waals surface area contributed by atoms with Crippen LogP contribution in [0, 0.1) is 5.92 Å². The number of unbranched alkanes of at least 4 members (excludes halogenated alkanes) is 2. The predicted octanol–water partition coefficient (Wildman–Crippen LogP) is 5.45. The molecule has 0 amide bonds. The summed E-state index contributed by atoms with van der Waals surface area (Å²) in [4.78, 5) is 0. The molecule has 0 aromatic heterocycles. The van der Waals surface area contributed by atoms with E-state index in [4.69, 9.17) is 21.7 Å². The summed E-state index contributed by atoms with van der Waals surface area (Å²) in [6.45, 7) is 5.92. The predicted molar refractivity (Wildman–Crippen MR) is 100 cm³/mol. The van der Waals surface area contributed by atoms with Crippen LogP contribution in [0.1, 0.15) is 45.1 Å². The van der Waals surface area contributed by atoms with E-state index in [9.17, 15) is 0 Å². The van der Waals surface area contributed by atoms with Crippen LogP contribution in [0.4, 0.5) is 0 Å². The second-order valence-electron chi connectivity index (χ2n) is 5.74. The first kappa shape index (κ1) is 19.5. The third-order valence-electron chi connectivity index (χ3n) is 3.55. The molecule has 0 saturated carbocycles. The fourth-order valence-corrected chi connectivity index (χ4v) is 2.53. The molecule has 1 aromatic rings. The van der Waals surface area contributed by atoms with Crippen LogP contribution in [-0.4, -0.2) is 23.3 Å². The van der Waals surface area contributed by atoms with Crippen LogP contribution in [0.25, 0.3) is 0 Å². The molecule has 1 rings (SSSR count). The van der Waals surface area contributed by atoms with Crippen LogP contribution < -0.4 is 0 Å². The number of ether oxygens (including phenoxy) is 2. The molecule has 1 atom stereocenters. The molecule has 0 N–H and O–H groups in total. The maximum Gasteiger partial charge on any atom is 0.219 e. The molecule has 0 saturated heterocycles. The Morgan fingerprint density at radius 3 is 2.50 bits per heavy atom. The standard InChI is InChI=1S/C18H28O2S2/c1-15(2)17(20-18(21)22-3)12-8-5-9-13-19-14-16-10-6-4-7-11-16/h4,6-7,10-11,15,17H,5,8-9,12-14H2,1-3H3. The van der Waals surface area contributed by atoms with Gasteiger partial charge in [0.25, 0.3) is 0 Å². The minimum atomic E-state index is 0.241. The van der Waals surface area contributed by atoms with Crippen molar-refractivity contribution in [3.05, 3.63) is 35.9 Å². The maximum absolute atomic E-state index is 5.81. The van der Waals surface area contributed by atoms with E-state index in [1.165, 1.54) is 23.7 Å². The van der Waals surface area contributed by atoms with Crippen LogP contribution in [0.3, 0.4) is 0 Å². The maximum atomic E-state index is 5.81. The second-order valence-corrected chi connectivity index (χ2v) is 7.15. The molecule has 0 aliphatic heterocycles. The van der Waals surface area contributed by atoms with Gasteiger partial charge in [0, 0.05) is 6.61 Å². The molecule has 124 valence electrons. The number of thiocarbonyl (C=S) groups is 1. The zero-order chi connectivity index (χ0) is 16.2. The first-order chi connectivity index (χ1) is 10.6. The summed E-state index contributed by atoms with van der Waals surface area (Å²) in [6, 6.07) is 10.3. The van der Waals surface area contributed by atoms with E-state index < -0.39 is 0 Å². The Kier molecular flexibility index (Phi) is 10.5. The minimum absolute atomic E-state index is 0.241. The molecule has 1 unspecified atom stereocenters. The fraction of sp³-hybridized carbons (Fsp3) is 0.611. The molecular weight excluding hydrogens is 312 g/mol. The van der Waals surface area contributed by atoms with Crippen LogP contribution >= 0.6 is 24.0 Å². The molecule has 0 aliphatic rings. The van der Waals surface area contributed by atoms with E-state index in [2.05, 4.69) is 26.0 Å². The average molecular weight is 341 g/mol. The molecular formula is C18H28O2S2. The summed E-state index contributed by atoms with van der Waals surface area (Å²) in [5, 5.41) is 0. The third kappa shape index (κ3) is 8.76. The Bertz CT molecular complexity index is 407. The number of benzene rings is 1. The molecule has 4 heteroatoms. The van der Waals surface area contributed by atoms with Gasteiger partial charge in [-0.3, -0.25) is 0 Å². The Morgan fingerprint density at radius 2 is 1.86 bits per heavy atom. The van der Waals surface area contributed by atoms with Gasteiger partial charge >= 0.3 is 0 Å². The Hall–Kier alpha value is -0.580. The van der Waals surface area contributed by atoms with Crippen LogP contribution in [0.15, 0.2) is 30.3 Å². The van der Waals surface area contributed by atoms with Gasteiger partial charge in [0.15, 0.2) is 0 Å². The van der Waals surface area contributed by atoms with E-state index in [1.54, 1.807) is 0 Å². The Labute approximate surface area is 145 Å². The summed E-state index contributed by atoms with van der Waals surface area (Å²) >= 11 is 6.66. The Balaban J connectivity index is 2.07. The summed E-state index contributed by atoms with van der Waals surface area (Å²) in [6.07, 6.45) is 6.71. The largest absolute Gasteiger partial charge is 0.475 e. The van der Waals surface area contributed by atoms with Crippen molar-refractivity contribution >= 4 is 28.4 Å². The van der Waals surface area contributed by atoms with Gasteiger partial charge in [-0.25, -0.2) is 0 Å². The molecule has 0 bridgehead atoms. The number of hydrogen-bond acceptors (Lipinski definition) is 4. The van der Waals surface area contributed by atoms with Crippen LogP contribution in [0.2, 0.25) is 0 Å². The molecule has 0 heterocycles. The van der Waals surface area contributed by atoms with Gasteiger partial charge in [0.2, 0.25) is 4.38 Å². The highest BCUT2D eigenvalue weighted by atomic mass is 32.2. The lowest BCUT2D eigenvalue weighted by atomic mass is 10.0. The lowest BCUT2D eigenvalue weighted by Crippen LogP contribution is -2.21. The molecule has 0 aliphatic carbocycles. The van der Waals surface area contributed by atoms with Gasteiger partial charge in [0.1, 0.15) is 6.10 Å². The van der Waals surface area contributed by atoms with E-state index >= 15 is 0 Å². The average Bonchev–Trinajstić information content (AvgIpc) is 2.53. The zero-order valence-corrected chi connectivity index (χ0v) is 15.6. The lowest BCUT2D eigenvalue weighted by molar-refractivity contribution is 0.111. The molecule has 22 heavy (non-hydrogen) atoms. The van der Waals surface area contributed by atoms with Crippen molar-refractivity contribution in [3.8, 4) is 0 Å². The van der Waals surface area contributed by atoms with Crippen LogP contribution in [0.5, 0.6) is 0 Å². The highest BCUT2D eigenvalue weighted by Gasteiger charge is 2.15. The SMILES string of the molecule is CSC(=S)OC(CCCCCOCc1ccccc1)C(C)C. The summed E-state index contributed by atoms with van der Waals surface area (Å²) < 4.78 is 12.2. The van der Waals surface area contributed by atoms with Crippen molar-refractivity contribution in [1.82, 2.24) is 0 Å².